The molecule has 1 saturated carbocycles. The number of hydrogen-bond donors (Lipinski definition) is 0. The van der Waals surface area contributed by atoms with Gasteiger partial charge in [0.1, 0.15) is 21.6 Å². The molecule has 0 bridgehead atoms. The molecule has 3 aliphatic rings. The van der Waals surface area contributed by atoms with Crippen LogP contribution < -0.4 is 15.4 Å². The van der Waals surface area contributed by atoms with E-state index in [1.807, 2.05) is 12.1 Å². The molecular weight excluding hydrogens is 509 g/mol. The predicted octanol–water partition coefficient (Wildman–Crippen LogP) is 4.30. The summed E-state index contributed by atoms with van der Waals surface area (Å²) in [5, 5.41) is 0. The number of hydrogen-bond acceptors (Lipinski definition) is 7. The Bertz CT molecular complexity index is 1460. The second-order valence-electron chi connectivity index (χ2n) is 9.52. The summed E-state index contributed by atoms with van der Waals surface area (Å²) in [6.07, 6.45) is 7.51. The number of carbonyl (C=O) groups excluding carboxylic acids is 1. The molecule has 7 nitrogen and oxygen atoms in total. The molecule has 0 N–H and O–H groups in total. The molecule has 1 aliphatic carbocycles. The average molecular weight is 536 g/mol. The molecule has 2 aromatic heterocycles. The number of carbonyl (C=O) groups is 1. The van der Waals surface area contributed by atoms with E-state index >= 15 is 0 Å². The SMILES string of the molecule is O=C1/C(=C\c2c(N3CCN(c4ccc(F)cc4)CC3)nc3ccccn3c2=O)SC(=S)N1C1CCCC1. The van der Waals surface area contributed by atoms with Crippen LogP contribution in [-0.2, 0) is 4.79 Å². The molecule has 6 rings (SSSR count). The first-order valence-corrected chi connectivity index (χ1v) is 13.8. The Morgan fingerprint density at radius 2 is 1.68 bits per heavy atom. The fraction of sp³-hybridized carbons (Fsp3) is 0.333. The van der Waals surface area contributed by atoms with Gasteiger partial charge in [-0.25, -0.2) is 9.37 Å². The van der Waals surface area contributed by atoms with Crippen molar-refractivity contribution in [3.8, 4) is 0 Å². The second kappa shape index (κ2) is 9.90. The number of rotatable bonds is 4. The van der Waals surface area contributed by atoms with Gasteiger partial charge in [-0.1, -0.05) is 42.9 Å². The van der Waals surface area contributed by atoms with Gasteiger partial charge in [0.15, 0.2) is 0 Å². The number of pyridine rings is 1. The molecule has 0 spiro atoms. The molecule has 190 valence electrons. The smallest absolute Gasteiger partial charge is 0.267 e. The number of halogens is 1. The minimum atomic E-state index is -0.258. The summed E-state index contributed by atoms with van der Waals surface area (Å²) in [6, 6.07) is 12.1. The van der Waals surface area contributed by atoms with Gasteiger partial charge in [-0.15, -0.1) is 0 Å². The van der Waals surface area contributed by atoms with Crippen LogP contribution in [0.4, 0.5) is 15.9 Å². The zero-order valence-corrected chi connectivity index (χ0v) is 21.8. The summed E-state index contributed by atoms with van der Waals surface area (Å²) in [6.45, 7) is 2.67. The van der Waals surface area contributed by atoms with E-state index in [1.54, 1.807) is 35.4 Å². The highest BCUT2D eigenvalue weighted by atomic mass is 32.2. The maximum atomic E-state index is 13.7. The Labute approximate surface area is 223 Å². The van der Waals surface area contributed by atoms with E-state index in [9.17, 15) is 14.0 Å². The second-order valence-corrected chi connectivity index (χ2v) is 11.2. The minimum Gasteiger partial charge on any atom is -0.368 e. The van der Waals surface area contributed by atoms with Gasteiger partial charge < -0.3 is 9.80 Å². The maximum absolute atomic E-state index is 13.7. The lowest BCUT2D eigenvalue weighted by Gasteiger charge is -2.37. The number of fused-ring (bicyclic) bond motifs is 1. The lowest BCUT2D eigenvalue weighted by atomic mass is 10.2. The van der Waals surface area contributed by atoms with Crippen LogP contribution in [0.5, 0.6) is 0 Å². The van der Waals surface area contributed by atoms with E-state index in [0.29, 0.717) is 52.4 Å². The maximum Gasteiger partial charge on any atom is 0.267 e. The fourth-order valence-corrected chi connectivity index (χ4v) is 6.76. The number of anilines is 2. The van der Waals surface area contributed by atoms with Crippen LogP contribution >= 0.6 is 24.0 Å². The Kier molecular flexibility index (Phi) is 6.46. The van der Waals surface area contributed by atoms with Gasteiger partial charge in [-0.2, -0.15) is 0 Å². The first-order chi connectivity index (χ1) is 18.0. The average Bonchev–Trinajstić information content (AvgIpc) is 3.53. The summed E-state index contributed by atoms with van der Waals surface area (Å²) in [7, 11) is 0. The van der Waals surface area contributed by atoms with Crippen molar-refractivity contribution in [1.82, 2.24) is 14.3 Å². The van der Waals surface area contributed by atoms with Gasteiger partial charge in [0.25, 0.3) is 11.5 Å². The highest BCUT2D eigenvalue weighted by Gasteiger charge is 2.38. The quantitative estimate of drug-likeness (QED) is 0.365. The first-order valence-electron chi connectivity index (χ1n) is 12.5. The summed E-state index contributed by atoms with van der Waals surface area (Å²) in [5.74, 6) is 0.193. The minimum absolute atomic E-state index is 0.119. The Hall–Kier alpha value is -3.24. The largest absolute Gasteiger partial charge is 0.368 e. The molecule has 4 heterocycles. The third kappa shape index (κ3) is 4.53. The normalized spacial score (nSPS) is 20.1. The molecule has 1 aromatic carbocycles. The molecule has 3 aromatic rings. The molecule has 0 atom stereocenters. The van der Waals surface area contributed by atoms with Gasteiger partial charge in [0.05, 0.1) is 10.5 Å². The van der Waals surface area contributed by atoms with Crippen LogP contribution in [0.2, 0.25) is 0 Å². The van der Waals surface area contributed by atoms with Crippen molar-refractivity contribution >= 4 is 57.4 Å². The number of nitrogens with zero attached hydrogens (tertiary/aromatic N) is 5. The molecule has 0 radical (unpaired) electrons. The third-order valence-corrected chi connectivity index (χ3v) is 8.64. The molecule has 2 aliphatic heterocycles. The molecule has 2 saturated heterocycles. The van der Waals surface area contributed by atoms with Crippen molar-refractivity contribution in [2.75, 3.05) is 36.0 Å². The zero-order chi connectivity index (χ0) is 25.5. The number of aromatic nitrogens is 2. The molecule has 0 unspecified atom stereocenters. The summed E-state index contributed by atoms with van der Waals surface area (Å²) < 4.78 is 15.4. The highest BCUT2D eigenvalue weighted by molar-refractivity contribution is 8.26. The molecular formula is C27H26FN5O2S2. The lowest BCUT2D eigenvalue weighted by molar-refractivity contribution is -0.123. The van der Waals surface area contributed by atoms with E-state index in [4.69, 9.17) is 17.2 Å². The topological polar surface area (TPSA) is 61.2 Å². The van der Waals surface area contributed by atoms with E-state index in [-0.39, 0.29) is 23.3 Å². The molecule has 1 amide bonds. The molecule has 10 heteroatoms. The van der Waals surface area contributed by atoms with E-state index in [2.05, 4.69) is 9.80 Å². The number of piperazine rings is 1. The van der Waals surface area contributed by atoms with E-state index < -0.39 is 0 Å². The summed E-state index contributed by atoms with van der Waals surface area (Å²) in [4.78, 5) is 38.4. The summed E-state index contributed by atoms with van der Waals surface area (Å²) >= 11 is 6.84. The Balaban J connectivity index is 1.34. The monoisotopic (exact) mass is 535 g/mol. The van der Waals surface area contributed by atoms with Crippen LogP contribution in [0, 0.1) is 5.82 Å². The number of thiocarbonyl (C=S) groups is 1. The van der Waals surface area contributed by atoms with Gasteiger partial charge >= 0.3 is 0 Å². The van der Waals surface area contributed by atoms with Crippen LogP contribution in [0.3, 0.4) is 0 Å². The standard InChI is InChI=1S/C27H26FN5O2S2/c28-18-8-10-19(11-9-18)30-13-15-31(16-14-30)24-21(25(34)32-12-4-3-7-23(32)29-24)17-22-26(35)33(27(36)37-22)20-5-1-2-6-20/h3-4,7-12,17,20H,1-2,5-6,13-16H2/b22-17+. The van der Waals surface area contributed by atoms with Crippen LogP contribution in [0.25, 0.3) is 11.7 Å². The van der Waals surface area contributed by atoms with E-state index in [1.165, 1.54) is 28.3 Å². The van der Waals surface area contributed by atoms with Crippen LogP contribution in [-0.4, -0.2) is 56.7 Å². The zero-order valence-electron chi connectivity index (χ0n) is 20.2. The van der Waals surface area contributed by atoms with Gasteiger partial charge in [0, 0.05) is 44.1 Å². The van der Waals surface area contributed by atoms with Crippen molar-refractivity contribution in [1.29, 1.82) is 0 Å². The van der Waals surface area contributed by atoms with Crippen molar-refractivity contribution in [2.45, 2.75) is 31.7 Å². The molecule has 37 heavy (non-hydrogen) atoms. The van der Waals surface area contributed by atoms with Crippen LogP contribution in [0.15, 0.2) is 58.4 Å². The predicted molar refractivity (Wildman–Crippen MR) is 150 cm³/mol. The van der Waals surface area contributed by atoms with Gasteiger partial charge in [-0.05, 0) is 55.3 Å². The Morgan fingerprint density at radius 3 is 2.41 bits per heavy atom. The van der Waals surface area contributed by atoms with E-state index in [0.717, 1.165) is 31.4 Å². The van der Waals surface area contributed by atoms with Gasteiger partial charge in [0.2, 0.25) is 0 Å². The van der Waals surface area contributed by atoms with Crippen molar-refractivity contribution in [3.63, 3.8) is 0 Å². The van der Waals surface area contributed by atoms with Crippen LogP contribution in [0.1, 0.15) is 31.2 Å². The fourth-order valence-electron chi connectivity index (χ4n) is 5.37. The molecule has 3 fully saturated rings. The lowest BCUT2D eigenvalue weighted by Crippen LogP contribution is -2.47. The van der Waals surface area contributed by atoms with Gasteiger partial charge in [-0.3, -0.25) is 18.9 Å². The number of amides is 1. The number of thioether (sulfide) groups is 1. The highest BCUT2D eigenvalue weighted by Crippen LogP contribution is 2.38. The van der Waals surface area contributed by atoms with Crippen molar-refractivity contribution < 1.29 is 9.18 Å². The first kappa shape index (κ1) is 24.1. The summed E-state index contributed by atoms with van der Waals surface area (Å²) in [5.41, 5.74) is 1.70. The van der Waals surface area contributed by atoms with Crippen molar-refractivity contribution in [2.24, 2.45) is 0 Å². The number of benzene rings is 1. The van der Waals surface area contributed by atoms with Crippen molar-refractivity contribution in [3.05, 3.63) is 75.3 Å². The third-order valence-electron chi connectivity index (χ3n) is 7.31. The Morgan fingerprint density at radius 1 is 0.973 bits per heavy atom.